The second-order valence-electron chi connectivity index (χ2n) is 4.94. The predicted molar refractivity (Wildman–Crippen MR) is 78.5 cm³/mol. The summed E-state index contributed by atoms with van der Waals surface area (Å²) in [6, 6.07) is 14.7. The van der Waals surface area contributed by atoms with Crippen molar-refractivity contribution in [3.05, 3.63) is 82.9 Å². The minimum atomic E-state index is -0.837. The van der Waals surface area contributed by atoms with Crippen molar-refractivity contribution in [3.63, 3.8) is 0 Å². The van der Waals surface area contributed by atoms with Crippen molar-refractivity contribution >= 4 is 16.6 Å². The fourth-order valence-electron chi connectivity index (χ4n) is 2.40. The third kappa shape index (κ3) is 2.31. The van der Waals surface area contributed by atoms with Crippen molar-refractivity contribution in [3.8, 4) is 0 Å². The quantitative estimate of drug-likeness (QED) is 0.625. The average Bonchev–Trinajstić information content (AvgIpc) is 2.49. The summed E-state index contributed by atoms with van der Waals surface area (Å²) in [5.41, 5.74) is 0.559. The lowest BCUT2D eigenvalue weighted by molar-refractivity contribution is 0.103. The molecule has 3 heteroatoms. The van der Waals surface area contributed by atoms with Gasteiger partial charge in [0.05, 0.1) is 5.56 Å². The van der Waals surface area contributed by atoms with Gasteiger partial charge in [0.2, 0.25) is 0 Å². The largest absolute Gasteiger partial charge is 0.288 e. The zero-order chi connectivity index (χ0) is 15.0. The van der Waals surface area contributed by atoms with Crippen molar-refractivity contribution in [1.82, 2.24) is 0 Å². The molecule has 0 unspecified atom stereocenters. The Bertz CT molecular complexity index is 848. The van der Waals surface area contributed by atoms with E-state index in [0.717, 1.165) is 16.8 Å². The minimum Gasteiger partial charge on any atom is -0.288 e. The van der Waals surface area contributed by atoms with Crippen molar-refractivity contribution < 1.29 is 13.6 Å². The summed E-state index contributed by atoms with van der Waals surface area (Å²) in [5.74, 6) is -1.93. The van der Waals surface area contributed by atoms with E-state index in [0.29, 0.717) is 5.56 Å². The molecule has 0 aliphatic rings. The zero-order valence-electron chi connectivity index (χ0n) is 11.4. The molecule has 0 aliphatic heterocycles. The van der Waals surface area contributed by atoms with Crippen LogP contribution in [0.15, 0.2) is 54.6 Å². The second kappa shape index (κ2) is 5.09. The molecule has 0 bridgehead atoms. The highest BCUT2D eigenvalue weighted by Crippen LogP contribution is 2.23. The summed E-state index contributed by atoms with van der Waals surface area (Å²) in [5, 5.41) is 1.66. The predicted octanol–water partition coefficient (Wildman–Crippen LogP) is 4.66. The van der Waals surface area contributed by atoms with Crippen LogP contribution in [0.25, 0.3) is 10.8 Å². The van der Waals surface area contributed by atoms with Gasteiger partial charge in [-0.1, -0.05) is 42.5 Å². The molecule has 3 aromatic carbocycles. The minimum absolute atomic E-state index is 0.106. The van der Waals surface area contributed by atoms with Crippen LogP contribution >= 0.6 is 0 Å². The smallest absolute Gasteiger partial charge is 0.196 e. The molecule has 0 saturated carbocycles. The first-order valence-corrected chi connectivity index (χ1v) is 6.56. The Balaban J connectivity index is 2.20. The van der Waals surface area contributed by atoms with Gasteiger partial charge in [0.15, 0.2) is 5.78 Å². The van der Waals surface area contributed by atoms with Crippen LogP contribution in [0.5, 0.6) is 0 Å². The molecular weight excluding hydrogens is 270 g/mol. The lowest BCUT2D eigenvalue weighted by Gasteiger charge is -2.08. The van der Waals surface area contributed by atoms with E-state index in [1.54, 1.807) is 12.1 Å². The highest BCUT2D eigenvalue weighted by Gasteiger charge is 2.18. The van der Waals surface area contributed by atoms with Gasteiger partial charge in [-0.15, -0.1) is 0 Å². The molecule has 3 aromatic rings. The zero-order valence-corrected chi connectivity index (χ0v) is 11.4. The van der Waals surface area contributed by atoms with E-state index in [4.69, 9.17) is 0 Å². The van der Waals surface area contributed by atoms with Crippen molar-refractivity contribution in [1.29, 1.82) is 0 Å². The van der Waals surface area contributed by atoms with Crippen LogP contribution in [0.2, 0.25) is 0 Å². The maximum atomic E-state index is 13.9. The third-order valence-electron chi connectivity index (χ3n) is 3.53. The molecule has 0 amide bonds. The molecule has 1 nitrogen and oxygen atoms in total. The number of fused-ring (bicyclic) bond motifs is 1. The van der Waals surface area contributed by atoms with Gasteiger partial charge in [-0.2, -0.15) is 0 Å². The number of rotatable bonds is 2. The molecule has 0 aliphatic carbocycles. The van der Waals surface area contributed by atoms with Gasteiger partial charge in [0.25, 0.3) is 0 Å². The third-order valence-corrected chi connectivity index (χ3v) is 3.53. The monoisotopic (exact) mass is 282 g/mol. The number of halogens is 2. The lowest BCUT2D eigenvalue weighted by Crippen LogP contribution is -2.06. The SMILES string of the molecule is Cc1cc(C(=O)c2cccc3ccccc23)c(F)cc1F. The maximum absolute atomic E-state index is 13.9. The average molecular weight is 282 g/mol. The molecule has 0 heterocycles. The van der Waals surface area contributed by atoms with Gasteiger partial charge in [0.1, 0.15) is 11.6 Å². The maximum Gasteiger partial charge on any atom is 0.196 e. The van der Waals surface area contributed by atoms with E-state index < -0.39 is 17.4 Å². The Morgan fingerprint density at radius 2 is 1.57 bits per heavy atom. The number of benzene rings is 3. The van der Waals surface area contributed by atoms with E-state index in [1.807, 2.05) is 30.3 Å². The van der Waals surface area contributed by atoms with Crippen LogP contribution < -0.4 is 0 Å². The normalized spacial score (nSPS) is 10.8. The second-order valence-corrected chi connectivity index (χ2v) is 4.94. The van der Waals surface area contributed by atoms with Crippen molar-refractivity contribution in [2.24, 2.45) is 0 Å². The van der Waals surface area contributed by atoms with E-state index in [2.05, 4.69) is 0 Å². The van der Waals surface area contributed by atoms with E-state index in [9.17, 15) is 13.6 Å². The number of aryl methyl sites for hydroxylation is 1. The van der Waals surface area contributed by atoms with E-state index >= 15 is 0 Å². The standard InChI is InChI=1S/C18H12F2O/c1-11-9-15(17(20)10-16(11)19)18(21)14-8-4-6-12-5-2-3-7-13(12)14/h2-10H,1H3. The van der Waals surface area contributed by atoms with Crippen LogP contribution in [0.4, 0.5) is 8.78 Å². The first-order valence-electron chi connectivity index (χ1n) is 6.56. The molecule has 0 fully saturated rings. The lowest BCUT2D eigenvalue weighted by atomic mass is 9.96. The topological polar surface area (TPSA) is 17.1 Å². The highest BCUT2D eigenvalue weighted by atomic mass is 19.1. The summed E-state index contributed by atoms with van der Waals surface area (Å²) in [7, 11) is 0. The van der Waals surface area contributed by atoms with E-state index in [1.165, 1.54) is 13.0 Å². The molecular formula is C18H12F2O. The Morgan fingerprint density at radius 1 is 0.857 bits per heavy atom. The Hall–Kier alpha value is -2.55. The van der Waals surface area contributed by atoms with Gasteiger partial charge in [-0.05, 0) is 29.3 Å². The van der Waals surface area contributed by atoms with Crippen LogP contribution in [0.3, 0.4) is 0 Å². The van der Waals surface area contributed by atoms with Crippen LogP contribution in [-0.2, 0) is 0 Å². The first-order chi connectivity index (χ1) is 10.1. The van der Waals surface area contributed by atoms with Crippen LogP contribution in [0, 0.1) is 18.6 Å². The van der Waals surface area contributed by atoms with E-state index in [-0.39, 0.29) is 11.1 Å². The Labute approximate surface area is 120 Å². The molecule has 104 valence electrons. The summed E-state index contributed by atoms with van der Waals surface area (Å²) in [6.07, 6.45) is 0. The van der Waals surface area contributed by atoms with Gasteiger partial charge in [0, 0.05) is 11.6 Å². The Kier molecular flexibility index (Phi) is 3.26. The summed E-state index contributed by atoms with van der Waals surface area (Å²) >= 11 is 0. The summed E-state index contributed by atoms with van der Waals surface area (Å²) < 4.78 is 27.2. The Morgan fingerprint density at radius 3 is 2.38 bits per heavy atom. The number of ketones is 1. The number of carbonyl (C=O) groups excluding carboxylic acids is 1. The number of carbonyl (C=O) groups is 1. The molecule has 0 spiro atoms. The molecule has 0 atom stereocenters. The number of hydrogen-bond donors (Lipinski definition) is 0. The summed E-state index contributed by atoms with van der Waals surface area (Å²) in [6.45, 7) is 1.51. The molecule has 0 N–H and O–H groups in total. The first kappa shape index (κ1) is 13.4. The van der Waals surface area contributed by atoms with Gasteiger partial charge >= 0.3 is 0 Å². The molecule has 3 rings (SSSR count). The highest BCUT2D eigenvalue weighted by molar-refractivity contribution is 6.16. The number of hydrogen-bond acceptors (Lipinski definition) is 1. The van der Waals surface area contributed by atoms with Crippen LogP contribution in [-0.4, -0.2) is 5.78 Å². The van der Waals surface area contributed by atoms with Gasteiger partial charge in [-0.3, -0.25) is 4.79 Å². The molecule has 0 saturated heterocycles. The molecule has 0 radical (unpaired) electrons. The summed E-state index contributed by atoms with van der Waals surface area (Å²) in [4.78, 5) is 12.6. The molecule has 21 heavy (non-hydrogen) atoms. The fourth-order valence-corrected chi connectivity index (χ4v) is 2.40. The van der Waals surface area contributed by atoms with Crippen molar-refractivity contribution in [2.75, 3.05) is 0 Å². The van der Waals surface area contributed by atoms with Crippen LogP contribution in [0.1, 0.15) is 21.5 Å². The fraction of sp³-hybridized carbons (Fsp3) is 0.0556. The van der Waals surface area contributed by atoms with Crippen molar-refractivity contribution in [2.45, 2.75) is 6.92 Å². The van der Waals surface area contributed by atoms with Gasteiger partial charge in [-0.25, -0.2) is 8.78 Å². The molecule has 0 aromatic heterocycles. The van der Waals surface area contributed by atoms with Gasteiger partial charge < -0.3 is 0 Å².